The summed E-state index contributed by atoms with van der Waals surface area (Å²) in [6.07, 6.45) is 1.00. The minimum absolute atomic E-state index is 0.114. The van der Waals surface area contributed by atoms with Crippen molar-refractivity contribution in [2.24, 2.45) is 11.1 Å². The number of carbonyl (C=O) groups is 1. The Bertz CT molecular complexity index is 287. The summed E-state index contributed by atoms with van der Waals surface area (Å²) in [5.41, 5.74) is 0.359. The van der Waals surface area contributed by atoms with Gasteiger partial charge in [-0.2, -0.15) is 0 Å². The molecule has 0 spiro atoms. The molecule has 2 atom stereocenters. The SMILES string of the molecule is O=C(NCC1CCOC1)C1=NOC(CO)C1. The average molecular weight is 228 g/mol. The molecule has 1 saturated heterocycles. The number of nitrogens with one attached hydrogen (secondary N) is 1. The summed E-state index contributed by atoms with van der Waals surface area (Å²) in [5, 5.41) is 15.3. The molecule has 2 rings (SSSR count). The third-order valence-electron chi connectivity index (χ3n) is 2.77. The van der Waals surface area contributed by atoms with Crippen molar-refractivity contribution in [3.8, 4) is 0 Å². The maximum atomic E-state index is 11.6. The Kier molecular flexibility index (Phi) is 3.74. The minimum atomic E-state index is -0.365. The van der Waals surface area contributed by atoms with Crippen LogP contribution in [0.2, 0.25) is 0 Å². The van der Waals surface area contributed by atoms with Gasteiger partial charge in [-0.3, -0.25) is 4.79 Å². The van der Waals surface area contributed by atoms with Crippen LogP contribution in [-0.4, -0.2) is 49.2 Å². The fraction of sp³-hybridized carbons (Fsp3) is 0.800. The first-order chi connectivity index (χ1) is 7.79. The first-order valence-corrected chi connectivity index (χ1v) is 5.49. The molecule has 2 N–H and O–H groups in total. The zero-order chi connectivity index (χ0) is 11.4. The monoisotopic (exact) mass is 228 g/mol. The lowest BCUT2D eigenvalue weighted by Crippen LogP contribution is -2.35. The van der Waals surface area contributed by atoms with E-state index in [0.717, 1.165) is 13.0 Å². The summed E-state index contributed by atoms with van der Waals surface area (Å²) < 4.78 is 5.21. The van der Waals surface area contributed by atoms with E-state index in [1.165, 1.54) is 0 Å². The first-order valence-electron chi connectivity index (χ1n) is 5.49. The van der Waals surface area contributed by atoms with E-state index in [4.69, 9.17) is 14.7 Å². The fourth-order valence-electron chi connectivity index (χ4n) is 1.74. The van der Waals surface area contributed by atoms with Crippen LogP contribution in [0.3, 0.4) is 0 Å². The third kappa shape index (κ3) is 2.70. The summed E-state index contributed by atoms with van der Waals surface area (Å²) in [7, 11) is 0. The summed E-state index contributed by atoms with van der Waals surface area (Å²) in [4.78, 5) is 16.5. The van der Waals surface area contributed by atoms with E-state index < -0.39 is 0 Å². The number of oxime groups is 1. The van der Waals surface area contributed by atoms with Crippen LogP contribution in [0.5, 0.6) is 0 Å². The Balaban J connectivity index is 1.71. The molecule has 0 aliphatic carbocycles. The highest BCUT2D eigenvalue weighted by atomic mass is 16.6. The number of hydrogen-bond donors (Lipinski definition) is 2. The minimum Gasteiger partial charge on any atom is -0.392 e. The molecule has 6 heteroatoms. The Morgan fingerprint density at radius 1 is 1.62 bits per heavy atom. The van der Waals surface area contributed by atoms with Crippen LogP contribution >= 0.6 is 0 Å². The molecule has 2 aliphatic heterocycles. The lowest BCUT2D eigenvalue weighted by atomic mass is 10.1. The highest BCUT2D eigenvalue weighted by Gasteiger charge is 2.26. The van der Waals surface area contributed by atoms with Crippen molar-refractivity contribution in [1.29, 1.82) is 0 Å². The van der Waals surface area contributed by atoms with Gasteiger partial charge in [0.15, 0.2) is 6.10 Å². The molecule has 0 bridgehead atoms. The molecule has 0 aromatic carbocycles. The Hall–Kier alpha value is -1.14. The highest BCUT2D eigenvalue weighted by molar-refractivity contribution is 6.39. The van der Waals surface area contributed by atoms with Gasteiger partial charge in [0.05, 0.1) is 13.2 Å². The van der Waals surface area contributed by atoms with Crippen molar-refractivity contribution in [2.45, 2.75) is 18.9 Å². The fourth-order valence-corrected chi connectivity index (χ4v) is 1.74. The van der Waals surface area contributed by atoms with Crippen molar-refractivity contribution in [2.75, 3.05) is 26.4 Å². The smallest absolute Gasteiger partial charge is 0.269 e. The molecule has 0 saturated carbocycles. The van der Waals surface area contributed by atoms with Crippen molar-refractivity contribution in [3.63, 3.8) is 0 Å². The van der Waals surface area contributed by atoms with Gasteiger partial charge in [0.25, 0.3) is 5.91 Å². The van der Waals surface area contributed by atoms with Gasteiger partial charge in [-0.1, -0.05) is 5.16 Å². The number of aliphatic hydroxyl groups excluding tert-OH is 1. The first kappa shape index (κ1) is 11.3. The van der Waals surface area contributed by atoms with Crippen molar-refractivity contribution in [1.82, 2.24) is 5.32 Å². The lowest BCUT2D eigenvalue weighted by Gasteiger charge is -2.08. The summed E-state index contributed by atoms with van der Waals surface area (Å²) in [6.45, 7) is 1.98. The van der Waals surface area contributed by atoms with E-state index >= 15 is 0 Å². The van der Waals surface area contributed by atoms with Crippen LogP contribution in [-0.2, 0) is 14.4 Å². The van der Waals surface area contributed by atoms with Crippen LogP contribution in [0.25, 0.3) is 0 Å². The zero-order valence-electron chi connectivity index (χ0n) is 9.02. The summed E-state index contributed by atoms with van der Waals surface area (Å²) >= 11 is 0. The van der Waals surface area contributed by atoms with Gasteiger partial charge >= 0.3 is 0 Å². The normalized spacial score (nSPS) is 28.7. The Morgan fingerprint density at radius 3 is 3.12 bits per heavy atom. The quantitative estimate of drug-likeness (QED) is 0.665. The number of aliphatic hydroxyl groups is 1. The number of rotatable bonds is 4. The maximum absolute atomic E-state index is 11.6. The molecule has 6 nitrogen and oxygen atoms in total. The molecular formula is C10H16N2O4. The van der Waals surface area contributed by atoms with Crippen LogP contribution in [0.1, 0.15) is 12.8 Å². The zero-order valence-corrected chi connectivity index (χ0v) is 9.02. The van der Waals surface area contributed by atoms with Crippen molar-refractivity contribution in [3.05, 3.63) is 0 Å². The van der Waals surface area contributed by atoms with Crippen LogP contribution < -0.4 is 5.32 Å². The number of carbonyl (C=O) groups excluding carboxylic acids is 1. The van der Waals surface area contributed by atoms with Gasteiger partial charge in [0, 0.05) is 25.5 Å². The standard InChI is InChI=1S/C10H16N2O4/c13-5-8-3-9(12-16-8)10(14)11-4-7-1-2-15-6-7/h7-8,13H,1-6H2,(H,11,14). The maximum Gasteiger partial charge on any atom is 0.269 e. The number of nitrogens with zero attached hydrogens (tertiary/aromatic N) is 1. The van der Waals surface area contributed by atoms with Gasteiger partial charge < -0.3 is 20.0 Å². The third-order valence-corrected chi connectivity index (χ3v) is 2.77. The van der Waals surface area contributed by atoms with Crippen LogP contribution in [0.15, 0.2) is 5.16 Å². The largest absolute Gasteiger partial charge is 0.392 e. The molecule has 0 aromatic rings. The molecule has 1 amide bonds. The molecule has 90 valence electrons. The molecule has 2 aliphatic rings. The van der Waals surface area contributed by atoms with Gasteiger partial charge in [0.2, 0.25) is 0 Å². The second-order valence-corrected chi connectivity index (χ2v) is 4.09. The van der Waals surface area contributed by atoms with Crippen molar-refractivity contribution >= 4 is 11.6 Å². The Labute approximate surface area is 93.6 Å². The molecule has 0 radical (unpaired) electrons. The number of amides is 1. The molecule has 0 aromatic heterocycles. The van der Waals surface area contributed by atoms with Crippen LogP contribution in [0.4, 0.5) is 0 Å². The van der Waals surface area contributed by atoms with Crippen molar-refractivity contribution < 1.29 is 19.5 Å². The van der Waals surface area contributed by atoms with Gasteiger partial charge in [-0.15, -0.1) is 0 Å². The van der Waals surface area contributed by atoms with Gasteiger partial charge in [-0.25, -0.2) is 0 Å². The second kappa shape index (κ2) is 5.27. The van der Waals surface area contributed by atoms with E-state index in [9.17, 15) is 4.79 Å². The molecular weight excluding hydrogens is 212 g/mol. The van der Waals surface area contributed by atoms with Gasteiger partial charge in [-0.05, 0) is 6.42 Å². The van der Waals surface area contributed by atoms with Gasteiger partial charge in [0.1, 0.15) is 5.71 Å². The predicted molar refractivity (Wildman–Crippen MR) is 55.9 cm³/mol. The Morgan fingerprint density at radius 2 is 2.50 bits per heavy atom. The van der Waals surface area contributed by atoms with E-state index in [-0.39, 0.29) is 18.6 Å². The second-order valence-electron chi connectivity index (χ2n) is 4.09. The lowest BCUT2D eigenvalue weighted by molar-refractivity contribution is -0.115. The van der Waals surface area contributed by atoms with E-state index in [1.807, 2.05) is 0 Å². The predicted octanol–water partition coefficient (Wildman–Crippen LogP) is -0.724. The highest BCUT2D eigenvalue weighted by Crippen LogP contribution is 2.12. The summed E-state index contributed by atoms with van der Waals surface area (Å²) in [5.74, 6) is 0.198. The molecule has 16 heavy (non-hydrogen) atoms. The summed E-state index contributed by atoms with van der Waals surface area (Å²) in [6, 6.07) is 0. The number of hydrogen-bond acceptors (Lipinski definition) is 5. The topological polar surface area (TPSA) is 80.2 Å². The number of ether oxygens (including phenoxy) is 1. The van der Waals surface area contributed by atoms with E-state index in [2.05, 4.69) is 10.5 Å². The molecule has 2 heterocycles. The van der Waals surface area contributed by atoms with E-state index in [1.54, 1.807) is 0 Å². The molecule has 2 unspecified atom stereocenters. The molecule has 1 fully saturated rings. The van der Waals surface area contributed by atoms with Crippen LogP contribution in [0, 0.1) is 5.92 Å². The van der Waals surface area contributed by atoms with E-state index in [0.29, 0.717) is 31.2 Å². The average Bonchev–Trinajstić information content (AvgIpc) is 2.96.